The van der Waals surface area contributed by atoms with Gasteiger partial charge >= 0.3 is 5.97 Å². The maximum absolute atomic E-state index is 12.4. The summed E-state index contributed by atoms with van der Waals surface area (Å²) in [7, 11) is 0. The van der Waals surface area contributed by atoms with Crippen molar-refractivity contribution < 1.29 is 9.90 Å². The van der Waals surface area contributed by atoms with E-state index in [1.54, 1.807) is 0 Å². The minimum absolute atomic E-state index is 0.406. The Morgan fingerprint density at radius 2 is 1.83 bits per heavy atom. The maximum atomic E-state index is 12.4. The van der Waals surface area contributed by atoms with Gasteiger partial charge in [0, 0.05) is 35.6 Å². The number of rotatable bonds is 6. The molecule has 0 spiro atoms. The number of carboxylic acid groups (broad SMARTS) is 1. The topological polar surface area (TPSA) is 54.3 Å². The average molecular weight is 405 g/mol. The van der Waals surface area contributed by atoms with Crippen LogP contribution in [0, 0.1) is 18.8 Å². The normalized spacial score (nSPS) is 21.8. The van der Waals surface area contributed by atoms with Gasteiger partial charge in [0.25, 0.3) is 0 Å². The smallest absolute Gasteiger partial charge is 0.352 e. The van der Waals surface area contributed by atoms with Crippen LogP contribution in [0.1, 0.15) is 60.3 Å². The second-order valence-electron chi connectivity index (χ2n) is 8.92. The molecule has 30 heavy (non-hydrogen) atoms. The Kier molecular flexibility index (Phi) is 5.96. The molecule has 2 aromatic carbocycles. The lowest BCUT2D eigenvalue weighted by Gasteiger charge is -2.34. The van der Waals surface area contributed by atoms with Crippen LogP contribution in [-0.4, -0.2) is 21.7 Å². The highest BCUT2D eigenvalue weighted by molar-refractivity contribution is 5.98. The molecule has 0 unspecified atom stereocenters. The Morgan fingerprint density at radius 3 is 2.60 bits per heavy atom. The van der Waals surface area contributed by atoms with E-state index < -0.39 is 5.97 Å². The van der Waals surface area contributed by atoms with Crippen molar-refractivity contribution in [2.45, 2.75) is 59.2 Å². The van der Waals surface area contributed by atoms with Crippen molar-refractivity contribution in [3.8, 4) is 0 Å². The van der Waals surface area contributed by atoms with Crippen LogP contribution in [0.2, 0.25) is 0 Å². The molecule has 2 N–H and O–H groups in total. The minimum atomic E-state index is -0.860. The van der Waals surface area contributed by atoms with Crippen LogP contribution in [0.5, 0.6) is 0 Å². The standard InChI is InChI=1S/C26H32N2O2/c1-17-10-8-13-23(19(17)3)27-15-22-21-12-6-7-14-24(21)28(25(22)26(29)30)16-20-11-5-4-9-18(20)2/h4-7,9,11-12,14,17,19,23,27H,8,10,13,15-16H2,1-3H3,(H,29,30)/t17-,19-,23-/m1/s1. The first-order valence-corrected chi connectivity index (χ1v) is 11.1. The van der Waals surface area contributed by atoms with Gasteiger partial charge in [-0.2, -0.15) is 0 Å². The third kappa shape index (κ3) is 3.89. The number of hydrogen-bond acceptors (Lipinski definition) is 2. The predicted molar refractivity (Wildman–Crippen MR) is 122 cm³/mol. The number of carbonyl (C=O) groups is 1. The highest BCUT2D eigenvalue weighted by Gasteiger charge is 2.28. The molecule has 1 heterocycles. The molecule has 3 atom stereocenters. The predicted octanol–water partition coefficient (Wildman–Crippen LogP) is 5.61. The molecule has 158 valence electrons. The van der Waals surface area contributed by atoms with Crippen molar-refractivity contribution in [1.29, 1.82) is 0 Å². The first-order chi connectivity index (χ1) is 14.5. The first-order valence-electron chi connectivity index (χ1n) is 11.1. The molecule has 1 saturated carbocycles. The number of aromatic nitrogens is 1. The number of fused-ring (bicyclic) bond motifs is 1. The molecule has 1 fully saturated rings. The van der Waals surface area contributed by atoms with Gasteiger partial charge in [0.1, 0.15) is 5.69 Å². The van der Waals surface area contributed by atoms with E-state index >= 15 is 0 Å². The SMILES string of the molecule is Cc1ccccc1Cn1c(C(=O)O)c(CN[C@@H]2CCC[C@@H](C)[C@H]2C)c2ccccc21. The number of benzene rings is 2. The second kappa shape index (κ2) is 8.65. The second-order valence-corrected chi connectivity index (χ2v) is 8.92. The zero-order chi connectivity index (χ0) is 21.3. The molecule has 3 aromatic rings. The number of aryl methyl sites for hydroxylation is 1. The number of carboxylic acids is 1. The quantitative estimate of drug-likeness (QED) is 0.561. The molecule has 0 amide bonds. The molecule has 0 bridgehead atoms. The molecule has 4 rings (SSSR count). The lowest BCUT2D eigenvalue weighted by molar-refractivity contribution is 0.0684. The molecule has 1 aliphatic carbocycles. The van der Waals surface area contributed by atoms with Gasteiger partial charge in [-0.05, 0) is 42.4 Å². The summed E-state index contributed by atoms with van der Waals surface area (Å²) in [6.45, 7) is 7.88. The molecular weight excluding hydrogens is 372 g/mol. The van der Waals surface area contributed by atoms with Gasteiger partial charge < -0.3 is 15.0 Å². The summed E-state index contributed by atoms with van der Waals surface area (Å²) in [6, 6.07) is 16.7. The number of hydrogen-bond donors (Lipinski definition) is 2. The van der Waals surface area contributed by atoms with Crippen molar-refractivity contribution in [2.24, 2.45) is 11.8 Å². The van der Waals surface area contributed by atoms with Crippen molar-refractivity contribution in [2.75, 3.05) is 0 Å². The summed E-state index contributed by atoms with van der Waals surface area (Å²) in [5.74, 6) is 0.451. The van der Waals surface area contributed by atoms with E-state index in [1.165, 1.54) is 18.4 Å². The summed E-state index contributed by atoms with van der Waals surface area (Å²) in [5, 5.41) is 14.9. The first kappa shape index (κ1) is 20.7. The molecule has 0 aliphatic heterocycles. The lowest BCUT2D eigenvalue weighted by Crippen LogP contribution is -2.40. The maximum Gasteiger partial charge on any atom is 0.352 e. The third-order valence-electron chi connectivity index (χ3n) is 7.12. The van der Waals surface area contributed by atoms with Crippen LogP contribution in [-0.2, 0) is 13.1 Å². The third-order valence-corrected chi connectivity index (χ3v) is 7.12. The van der Waals surface area contributed by atoms with E-state index in [0.29, 0.717) is 36.7 Å². The van der Waals surface area contributed by atoms with E-state index in [4.69, 9.17) is 0 Å². The fourth-order valence-electron chi connectivity index (χ4n) is 5.02. The molecule has 0 saturated heterocycles. The lowest BCUT2D eigenvalue weighted by atomic mass is 9.78. The molecule has 1 aromatic heterocycles. The summed E-state index contributed by atoms with van der Waals surface area (Å²) in [4.78, 5) is 12.4. The molecule has 4 nitrogen and oxygen atoms in total. The van der Waals surface area contributed by atoms with Gasteiger partial charge in [-0.3, -0.25) is 0 Å². The average Bonchev–Trinajstić information content (AvgIpc) is 3.04. The van der Waals surface area contributed by atoms with E-state index in [0.717, 1.165) is 28.5 Å². The van der Waals surface area contributed by atoms with E-state index in [1.807, 2.05) is 34.9 Å². The fraction of sp³-hybridized carbons (Fsp3) is 0.423. The summed E-state index contributed by atoms with van der Waals surface area (Å²) in [5.41, 5.74) is 4.62. The van der Waals surface area contributed by atoms with Crippen LogP contribution in [0.4, 0.5) is 0 Å². The highest BCUT2D eigenvalue weighted by atomic mass is 16.4. The Balaban J connectivity index is 1.73. The highest BCUT2D eigenvalue weighted by Crippen LogP contribution is 2.32. The van der Waals surface area contributed by atoms with E-state index in [-0.39, 0.29) is 0 Å². The van der Waals surface area contributed by atoms with E-state index in [2.05, 4.69) is 44.3 Å². The Morgan fingerprint density at radius 1 is 1.10 bits per heavy atom. The van der Waals surface area contributed by atoms with Gasteiger partial charge in [-0.15, -0.1) is 0 Å². The zero-order valence-electron chi connectivity index (χ0n) is 18.2. The number of para-hydroxylation sites is 1. The van der Waals surface area contributed by atoms with Crippen LogP contribution in [0.3, 0.4) is 0 Å². The van der Waals surface area contributed by atoms with Crippen LogP contribution in [0.25, 0.3) is 10.9 Å². The van der Waals surface area contributed by atoms with E-state index in [9.17, 15) is 9.90 Å². The Bertz CT molecular complexity index is 1050. The fourth-order valence-corrected chi connectivity index (χ4v) is 5.02. The number of aromatic carboxylic acids is 1. The van der Waals surface area contributed by atoms with Gasteiger partial charge in [0.05, 0.1) is 0 Å². The van der Waals surface area contributed by atoms with Crippen LogP contribution >= 0.6 is 0 Å². The van der Waals surface area contributed by atoms with Crippen LogP contribution in [0.15, 0.2) is 48.5 Å². The van der Waals surface area contributed by atoms with Crippen molar-refractivity contribution >= 4 is 16.9 Å². The van der Waals surface area contributed by atoms with Gasteiger partial charge in [-0.25, -0.2) is 4.79 Å². The Hall–Kier alpha value is -2.59. The zero-order valence-corrected chi connectivity index (χ0v) is 18.2. The van der Waals surface area contributed by atoms with Crippen molar-refractivity contribution in [3.05, 3.63) is 70.9 Å². The van der Waals surface area contributed by atoms with Gasteiger partial charge in [0.2, 0.25) is 0 Å². The monoisotopic (exact) mass is 404 g/mol. The number of nitrogens with zero attached hydrogens (tertiary/aromatic N) is 1. The summed E-state index contributed by atoms with van der Waals surface area (Å²) < 4.78 is 1.98. The van der Waals surface area contributed by atoms with Crippen LogP contribution < -0.4 is 5.32 Å². The molecule has 1 aliphatic rings. The molecule has 4 heteroatoms. The number of nitrogens with one attached hydrogen (secondary N) is 1. The van der Waals surface area contributed by atoms with Crippen molar-refractivity contribution in [3.63, 3.8) is 0 Å². The molecule has 0 radical (unpaired) electrons. The Labute approximate surface area is 178 Å². The molecular formula is C26H32N2O2. The van der Waals surface area contributed by atoms with Gasteiger partial charge in [0.15, 0.2) is 0 Å². The largest absolute Gasteiger partial charge is 0.477 e. The van der Waals surface area contributed by atoms with Gasteiger partial charge in [-0.1, -0.05) is 69.2 Å². The van der Waals surface area contributed by atoms with Crippen molar-refractivity contribution in [1.82, 2.24) is 9.88 Å². The summed E-state index contributed by atoms with van der Waals surface area (Å²) in [6.07, 6.45) is 3.69. The summed E-state index contributed by atoms with van der Waals surface area (Å²) >= 11 is 0. The minimum Gasteiger partial charge on any atom is -0.477 e.